The van der Waals surface area contributed by atoms with Crippen molar-refractivity contribution >= 4 is 34.4 Å². The summed E-state index contributed by atoms with van der Waals surface area (Å²) in [7, 11) is 4.05. The van der Waals surface area contributed by atoms with Crippen LogP contribution in [0.15, 0.2) is 59.8 Å². The fraction of sp³-hybridized carbons (Fsp3) is 0.300. The van der Waals surface area contributed by atoms with E-state index in [0.717, 1.165) is 29.2 Å². The highest BCUT2D eigenvalue weighted by Crippen LogP contribution is 2.22. The number of thioether (sulfide) groups is 1. The molecule has 0 unspecified atom stereocenters. The summed E-state index contributed by atoms with van der Waals surface area (Å²) in [6, 6.07) is 18.3. The molecule has 0 bridgehead atoms. The first kappa shape index (κ1) is 18.3. The van der Waals surface area contributed by atoms with Crippen LogP contribution in [0.5, 0.6) is 0 Å². The largest absolute Gasteiger partial charge is 0.375 e. The second-order valence-corrected chi connectivity index (χ2v) is 7.13. The molecule has 0 saturated heterocycles. The van der Waals surface area contributed by atoms with Gasteiger partial charge in [-0.1, -0.05) is 42.1 Å². The molecule has 26 heavy (non-hydrogen) atoms. The van der Waals surface area contributed by atoms with E-state index in [4.69, 9.17) is 0 Å². The van der Waals surface area contributed by atoms with E-state index in [0.29, 0.717) is 12.3 Å². The van der Waals surface area contributed by atoms with Gasteiger partial charge >= 0.3 is 0 Å². The highest BCUT2D eigenvalue weighted by molar-refractivity contribution is 7.99. The summed E-state index contributed by atoms with van der Waals surface area (Å²) in [5.41, 5.74) is 3.23. The van der Waals surface area contributed by atoms with Crippen LogP contribution in [0.25, 0.3) is 11.0 Å². The van der Waals surface area contributed by atoms with Gasteiger partial charge in [0, 0.05) is 32.9 Å². The molecule has 2 aromatic carbocycles. The van der Waals surface area contributed by atoms with Crippen molar-refractivity contribution in [2.24, 2.45) is 7.05 Å². The zero-order valence-corrected chi connectivity index (χ0v) is 16.0. The Morgan fingerprint density at radius 1 is 1.15 bits per heavy atom. The number of carbonyl (C=O) groups excluding carboxylic acids is 1. The molecule has 0 radical (unpaired) electrons. The topological polar surface area (TPSA) is 50.2 Å². The Kier molecular flexibility index (Phi) is 6.17. The first-order valence-corrected chi connectivity index (χ1v) is 9.71. The van der Waals surface area contributed by atoms with E-state index >= 15 is 0 Å². The predicted octanol–water partition coefficient (Wildman–Crippen LogP) is 3.31. The Morgan fingerprint density at radius 2 is 1.88 bits per heavy atom. The van der Waals surface area contributed by atoms with Gasteiger partial charge in [-0.05, 0) is 30.7 Å². The van der Waals surface area contributed by atoms with E-state index in [2.05, 4.69) is 34.4 Å². The number of aromatic nitrogens is 2. The van der Waals surface area contributed by atoms with Crippen molar-refractivity contribution in [3.05, 3.63) is 54.6 Å². The van der Waals surface area contributed by atoms with E-state index in [1.165, 1.54) is 17.4 Å². The molecule has 5 nitrogen and oxygen atoms in total. The van der Waals surface area contributed by atoms with Crippen molar-refractivity contribution in [3.8, 4) is 0 Å². The summed E-state index contributed by atoms with van der Waals surface area (Å²) in [5, 5.41) is 3.86. The first-order chi connectivity index (χ1) is 12.6. The quantitative estimate of drug-likeness (QED) is 0.490. The van der Waals surface area contributed by atoms with Crippen molar-refractivity contribution in [1.82, 2.24) is 14.9 Å². The minimum absolute atomic E-state index is 0.0458. The van der Waals surface area contributed by atoms with Crippen molar-refractivity contribution in [2.45, 2.75) is 11.6 Å². The second-order valence-electron chi connectivity index (χ2n) is 6.19. The van der Waals surface area contributed by atoms with Gasteiger partial charge in [0.05, 0.1) is 16.8 Å². The molecule has 0 aliphatic rings. The number of aryl methyl sites for hydroxylation is 1. The van der Waals surface area contributed by atoms with Crippen molar-refractivity contribution in [1.29, 1.82) is 0 Å². The lowest BCUT2D eigenvalue weighted by molar-refractivity contribution is -0.118. The summed E-state index contributed by atoms with van der Waals surface area (Å²) in [5.74, 6) is 0.426. The van der Waals surface area contributed by atoms with Gasteiger partial charge in [-0.25, -0.2) is 4.98 Å². The van der Waals surface area contributed by atoms with Gasteiger partial charge in [-0.3, -0.25) is 4.79 Å². The lowest BCUT2D eigenvalue weighted by atomic mass is 10.3. The van der Waals surface area contributed by atoms with Crippen molar-refractivity contribution < 1.29 is 4.79 Å². The number of rotatable bonds is 8. The number of amides is 1. The Morgan fingerprint density at radius 3 is 2.65 bits per heavy atom. The third kappa shape index (κ3) is 4.58. The lowest BCUT2D eigenvalue weighted by Crippen LogP contribution is -2.29. The number of hydrogen-bond acceptors (Lipinski definition) is 4. The molecular weight excluding hydrogens is 344 g/mol. The minimum atomic E-state index is 0.0458. The highest BCUT2D eigenvalue weighted by Gasteiger charge is 2.10. The van der Waals surface area contributed by atoms with Gasteiger partial charge in [0.1, 0.15) is 0 Å². The molecule has 0 saturated carbocycles. The summed E-state index contributed by atoms with van der Waals surface area (Å²) in [6.45, 7) is 1.58. The molecule has 0 atom stereocenters. The maximum absolute atomic E-state index is 12.1. The molecule has 0 spiro atoms. The molecule has 0 aliphatic heterocycles. The van der Waals surface area contributed by atoms with E-state index in [1.54, 1.807) is 0 Å². The van der Waals surface area contributed by atoms with Gasteiger partial charge in [0.25, 0.3) is 0 Å². The number of hydrogen-bond donors (Lipinski definition) is 1. The Bertz CT molecular complexity index is 863. The van der Waals surface area contributed by atoms with Gasteiger partial charge in [0.15, 0.2) is 5.16 Å². The Labute approximate surface area is 158 Å². The Hall–Kier alpha value is -2.47. The zero-order valence-electron chi connectivity index (χ0n) is 15.2. The molecule has 1 heterocycles. The lowest BCUT2D eigenvalue weighted by Gasteiger charge is -2.19. The Balaban J connectivity index is 1.39. The molecular formula is C20H24N4OS. The second kappa shape index (κ2) is 8.76. The number of carbonyl (C=O) groups is 1. The maximum Gasteiger partial charge on any atom is 0.230 e. The molecule has 3 aromatic rings. The van der Waals surface area contributed by atoms with Crippen LogP contribution < -0.4 is 10.2 Å². The van der Waals surface area contributed by atoms with Crippen LogP contribution in [0.4, 0.5) is 5.69 Å². The fourth-order valence-electron chi connectivity index (χ4n) is 2.79. The van der Waals surface area contributed by atoms with E-state index in [1.807, 2.05) is 54.1 Å². The first-order valence-electron chi connectivity index (χ1n) is 8.72. The predicted molar refractivity (Wildman–Crippen MR) is 109 cm³/mol. The van der Waals surface area contributed by atoms with Gasteiger partial charge in [0.2, 0.25) is 5.91 Å². The number of nitrogens with one attached hydrogen (secondary N) is 1. The molecule has 3 rings (SSSR count). The monoisotopic (exact) mass is 368 g/mol. The normalized spacial score (nSPS) is 10.8. The van der Waals surface area contributed by atoms with Crippen LogP contribution in [0.3, 0.4) is 0 Å². The van der Waals surface area contributed by atoms with E-state index in [-0.39, 0.29) is 5.91 Å². The molecule has 6 heteroatoms. The summed E-state index contributed by atoms with van der Waals surface area (Å²) in [4.78, 5) is 18.8. The van der Waals surface area contributed by atoms with Gasteiger partial charge in [-0.15, -0.1) is 0 Å². The molecule has 0 fully saturated rings. The third-order valence-corrected chi connectivity index (χ3v) is 5.30. The van der Waals surface area contributed by atoms with Crippen LogP contribution in [0.2, 0.25) is 0 Å². The molecule has 1 N–H and O–H groups in total. The summed E-state index contributed by atoms with van der Waals surface area (Å²) < 4.78 is 2.03. The van der Waals surface area contributed by atoms with E-state index < -0.39 is 0 Å². The average Bonchev–Trinajstić information content (AvgIpc) is 3.00. The van der Waals surface area contributed by atoms with Gasteiger partial charge < -0.3 is 14.8 Å². The number of anilines is 1. The number of imidazole rings is 1. The number of fused-ring (bicyclic) bond motifs is 1. The zero-order chi connectivity index (χ0) is 18.4. The summed E-state index contributed by atoms with van der Waals surface area (Å²) >= 11 is 1.47. The van der Waals surface area contributed by atoms with Crippen LogP contribution in [-0.2, 0) is 11.8 Å². The van der Waals surface area contributed by atoms with Crippen LogP contribution in [0.1, 0.15) is 6.42 Å². The highest BCUT2D eigenvalue weighted by atomic mass is 32.2. The molecule has 136 valence electrons. The number of benzene rings is 2. The van der Waals surface area contributed by atoms with Crippen LogP contribution in [0, 0.1) is 0 Å². The van der Waals surface area contributed by atoms with Crippen molar-refractivity contribution in [3.63, 3.8) is 0 Å². The third-order valence-electron chi connectivity index (χ3n) is 4.27. The molecule has 0 aliphatic carbocycles. The summed E-state index contributed by atoms with van der Waals surface area (Å²) in [6.07, 6.45) is 0.911. The fourth-order valence-corrected chi connectivity index (χ4v) is 3.61. The molecule has 1 amide bonds. The minimum Gasteiger partial charge on any atom is -0.375 e. The average molecular weight is 369 g/mol. The van der Waals surface area contributed by atoms with Crippen molar-refractivity contribution in [2.75, 3.05) is 30.8 Å². The van der Waals surface area contributed by atoms with Crippen LogP contribution in [-0.4, -0.2) is 41.3 Å². The number of nitrogens with zero attached hydrogens (tertiary/aromatic N) is 3. The SMILES string of the molecule is CN(CCCNC(=O)CSc1nc2ccccc2n1C)c1ccccc1. The standard InChI is InChI=1S/C20H24N4OS/c1-23(16-9-4-3-5-10-16)14-8-13-21-19(25)15-26-20-22-17-11-6-7-12-18(17)24(20)2/h3-7,9-12H,8,13-15H2,1-2H3,(H,21,25). The van der Waals surface area contributed by atoms with Crippen LogP contribution >= 0.6 is 11.8 Å². The van der Waals surface area contributed by atoms with Gasteiger partial charge in [-0.2, -0.15) is 0 Å². The molecule has 1 aromatic heterocycles. The maximum atomic E-state index is 12.1. The van der Waals surface area contributed by atoms with E-state index in [9.17, 15) is 4.79 Å². The number of para-hydroxylation sites is 3. The smallest absolute Gasteiger partial charge is 0.230 e.